The van der Waals surface area contributed by atoms with Gasteiger partial charge in [0.2, 0.25) is 0 Å². The molecule has 0 amide bonds. The first-order valence-electron chi connectivity index (χ1n) is 6.63. The minimum absolute atomic E-state index is 0.756. The summed E-state index contributed by atoms with van der Waals surface area (Å²) in [5.41, 5.74) is 4.27. The van der Waals surface area contributed by atoms with Crippen LogP contribution >= 0.6 is 31.9 Å². The van der Waals surface area contributed by atoms with E-state index in [1.54, 1.807) is 0 Å². The van der Waals surface area contributed by atoms with E-state index in [-0.39, 0.29) is 0 Å². The van der Waals surface area contributed by atoms with Gasteiger partial charge in [-0.25, -0.2) is 0 Å². The predicted octanol–water partition coefficient (Wildman–Crippen LogP) is 3.25. The number of benzene rings is 1. The lowest BCUT2D eigenvalue weighted by atomic mass is 10.1. The molecule has 0 bridgehead atoms. The van der Waals surface area contributed by atoms with Crippen LogP contribution in [0.2, 0.25) is 0 Å². The zero-order valence-corrected chi connectivity index (χ0v) is 13.6. The maximum atomic E-state index is 5.90. The number of ether oxygens (including phenoxy) is 1. The number of fused-ring (bicyclic) bond motifs is 3. The van der Waals surface area contributed by atoms with Crippen molar-refractivity contribution in [3.8, 4) is 5.75 Å². The van der Waals surface area contributed by atoms with Crippen molar-refractivity contribution >= 4 is 42.8 Å². The summed E-state index contributed by atoms with van der Waals surface area (Å²) < 4.78 is 10.5. The van der Waals surface area contributed by atoms with Crippen molar-refractivity contribution in [3.05, 3.63) is 26.3 Å². The van der Waals surface area contributed by atoms with Crippen LogP contribution in [0.1, 0.15) is 11.3 Å². The van der Waals surface area contributed by atoms with Crippen molar-refractivity contribution in [2.45, 2.75) is 19.4 Å². The summed E-state index contributed by atoms with van der Waals surface area (Å²) in [6.45, 7) is 3.86. The highest BCUT2D eigenvalue weighted by Gasteiger charge is 2.26. The van der Waals surface area contributed by atoms with Crippen molar-refractivity contribution in [1.82, 2.24) is 9.88 Å². The fourth-order valence-corrected chi connectivity index (χ4v) is 4.10. The lowest BCUT2D eigenvalue weighted by Crippen LogP contribution is -2.19. The maximum Gasteiger partial charge on any atom is 0.158 e. The molecule has 2 aliphatic heterocycles. The number of hydrogen-bond acceptors (Lipinski definition) is 2. The molecule has 3 nitrogen and oxygen atoms in total. The third-order valence-electron chi connectivity index (χ3n) is 4.07. The van der Waals surface area contributed by atoms with E-state index in [0.717, 1.165) is 53.8 Å². The van der Waals surface area contributed by atoms with E-state index in [9.17, 15) is 0 Å². The molecule has 3 heterocycles. The smallest absolute Gasteiger partial charge is 0.158 e. The van der Waals surface area contributed by atoms with Crippen molar-refractivity contribution in [3.63, 3.8) is 0 Å². The second kappa shape index (κ2) is 4.50. The predicted molar refractivity (Wildman–Crippen MR) is 83.1 cm³/mol. The Morgan fingerprint density at radius 1 is 1.21 bits per heavy atom. The summed E-state index contributed by atoms with van der Waals surface area (Å²) >= 11 is 7.28. The Morgan fingerprint density at radius 3 is 2.95 bits per heavy atom. The molecule has 1 aromatic heterocycles. The molecule has 0 saturated heterocycles. The third kappa shape index (κ3) is 1.71. The molecule has 0 unspecified atom stereocenters. The highest BCUT2D eigenvalue weighted by molar-refractivity contribution is 9.13. The van der Waals surface area contributed by atoms with Crippen LogP contribution in [0.15, 0.2) is 15.0 Å². The van der Waals surface area contributed by atoms with E-state index < -0.39 is 0 Å². The summed E-state index contributed by atoms with van der Waals surface area (Å²) in [5, 5.41) is 4.84. The monoisotopic (exact) mass is 384 g/mol. The van der Waals surface area contributed by atoms with Crippen LogP contribution in [0.4, 0.5) is 0 Å². The van der Waals surface area contributed by atoms with Crippen LogP contribution in [0.3, 0.4) is 0 Å². The molecular weight excluding hydrogens is 372 g/mol. The fraction of sp³-hybridized carbons (Fsp3) is 0.429. The molecule has 2 aromatic rings. The van der Waals surface area contributed by atoms with Crippen LogP contribution in [-0.2, 0) is 19.4 Å². The van der Waals surface area contributed by atoms with Gasteiger partial charge in [0.15, 0.2) is 5.75 Å². The largest absolute Gasteiger partial charge is 0.488 e. The van der Waals surface area contributed by atoms with Crippen LogP contribution in [-0.4, -0.2) is 24.3 Å². The van der Waals surface area contributed by atoms with Gasteiger partial charge in [-0.2, -0.15) is 0 Å². The molecule has 100 valence electrons. The molecule has 19 heavy (non-hydrogen) atoms. The topological polar surface area (TPSA) is 26.2 Å². The third-order valence-corrected chi connectivity index (χ3v) is 6.02. The lowest BCUT2D eigenvalue weighted by Gasteiger charge is -2.20. The molecule has 4 rings (SSSR count). The van der Waals surface area contributed by atoms with Crippen molar-refractivity contribution in [2.75, 3.05) is 19.7 Å². The average Bonchev–Trinajstić information content (AvgIpc) is 2.61. The molecule has 1 aromatic carbocycles. The summed E-state index contributed by atoms with van der Waals surface area (Å²) in [7, 11) is 0. The number of aromatic nitrogens is 1. The van der Waals surface area contributed by atoms with E-state index in [2.05, 4.69) is 47.8 Å². The first-order valence-corrected chi connectivity index (χ1v) is 8.21. The second-order valence-corrected chi connectivity index (χ2v) is 6.72. The Bertz CT molecular complexity index is 678. The zero-order valence-electron chi connectivity index (χ0n) is 10.4. The molecule has 0 saturated carbocycles. The first kappa shape index (κ1) is 12.2. The molecule has 0 spiro atoms. The maximum absolute atomic E-state index is 5.90. The average molecular weight is 386 g/mol. The Kier molecular flexibility index (Phi) is 2.90. The minimum atomic E-state index is 0.756. The van der Waals surface area contributed by atoms with Gasteiger partial charge in [-0.15, -0.1) is 0 Å². The number of nitrogens with one attached hydrogen (secondary N) is 1. The normalized spacial score (nSPS) is 18.0. The Hall–Kier alpha value is -0.520. The Balaban J connectivity index is 2.12. The van der Waals surface area contributed by atoms with Gasteiger partial charge in [0, 0.05) is 28.5 Å². The highest BCUT2D eigenvalue weighted by Crippen LogP contribution is 2.44. The Labute approximate surface area is 128 Å². The summed E-state index contributed by atoms with van der Waals surface area (Å²) in [6, 6.07) is 2.23. The molecule has 0 atom stereocenters. The molecule has 0 fully saturated rings. The van der Waals surface area contributed by atoms with Gasteiger partial charge in [-0.05, 0) is 56.5 Å². The van der Waals surface area contributed by atoms with Gasteiger partial charge in [-0.1, -0.05) is 0 Å². The first-order chi connectivity index (χ1) is 9.27. The quantitative estimate of drug-likeness (QED) is 0.753. The van der Waals surface area contributed by atoms with Crippen LogP contribution < -0.4 is 10.1 Å². The fourth-order valence-electron chi connectivity index (χ4n) is 3.27. The molecule has 2 aliphatic rings. The van der Waals surface area contributed by atoms with Gasteiger partial charge in [-0.3, -0.25) is 0 Å². The van der Waals surface area contributed by atoms with Crippen LogP contribution in [0.5, 0.6) is 5.75 Å². The summed E-state index contributed by atoms with van der Waals surface area (Å²) in [4.78, 5) is 0. The SMILES string of the molecule is Brc1cc2c3c(n4c2c(c1Br)OCC4)CCNCC3. The van der Waals surface area contributed by atoms with E-state index in [1.807, 2.05) is 0 Å². The molecular formula is C14H14Br2N2O. The summed E-state index contributed by atoms with van der Waals surface area (Å²) in [6.07, 6.45) is 2.21. The number of rotatable bonds is 0. The van der Waals surface area contributed by atoms with Crippen molar-refractivity contribution < 1.29 is 4.74 Å². The van der Waals surface area contributed by atoms with E-state index >= 15 is 0 Å². The van der Waals surface area contributed by atoms with Crippen LogP contribution in [0.25, 0.3) is 10.9 Å². The van der Waals surface area contributed by atoms with Gasteiger partial charge >= 0.3 is 0 Å². The highest BCUT2D eigenvalue weighted by atomic mass is 79.9. The van der Waals surface area contributed by atoms with Crippen molar-refractivity contribution in [1.29, 1.82) is 0 Å². The molecule has 5 heteroatoms. The molecule has 0 radical (unpaired) electrons. The molecule has 1 N–H and O–H groups in total. The summed E-state index contributed by atoms with van der Waals surface area (Å²) in [5.74, 6) is 0.997. The number of hydrogen-bond donors (Lipinski definition) is 1. The second-order valence-electron chi connectivity index (χ2n) is 5.07. The minimum Gasteiger partial charge on any atom is -0.488 e. The van der Waals surface area contributed by atoms with Gasteiger partial charge in [0.25, 0.3) is 0 Å². The van der Waals surface area contributed by atoms with Gasteiger partial charge in [0.1, 0.15) is 6.61 Å². The standard InChI is InChI=1S/C14H14Br2N2O/c15-10-7-9-8-1-3-17-4-2-11(8)18-5-6-19-14(12(10)16)13(9)18/h7,17H,1-6H2. The van der Waals surface area contributed by atoms with Crippen molar-refractivity contribution in [2.24, 2.45) is 0 Å². The van der Waals surface area contributed by atoms with Gasteiger partial charge in [0.05, 0.1) is 16.5 Å². The zero-order chi connectivity index (χ0) is 13.0. The lowest BCUT2D eigenvalue weighted by molar-refractivity contribution is 0.283. The number of nitrogens with zero attached hydrogens (tertiary/aromatic N) is 1. The Morgan fingerprint density at radius 2 is 2.05 bits per heavy atom. The number of halogens is 2. The van der Waals surface area contributed by atoms with E-state index in [1.165, 1.54) is 22.2 Å². The molecule has 0 aliphatic carbocycles. The van der Waals surface area contributed by atoms with E-state index in [4.69, 9.17) is 4.74 Å². The van der Waals surface area contributed by atoms with Crippen LogP contribution in [0, 0.1) is 0 Å². The van der Waals surface area contributed by atoms with E-state index in [0.29, 0.717) is 0 Å². The van der Waals surface area contributed by atoms with Gasteiger partial charge < -0.3 is 14.6 Å².